The van der Waals surface area contributed by atoms with Crippen molar-refractivity contribution in [2.75, 3.05) is 25.1 Å². The maximum absolute atomic E-state index is 13.3. The molecule has 1 aliphatic rings. The Kier molecular flexibility index (Phi) is 8.05. The molecule has 30 heavy (non-hydrogen) atoms. The number of hydrogen-bond acceptors (Lipinski definition) is 3. The van der Waals surface area contributed by atoms with E-state index < -0.39 is 5.41 Å². The van der Waals surface area contributed by atoms with Gasteiger partial charge in [0.15, 0.2) is 0 Å². The quantitative estimate of drug-likeness (QED) is 0.501. The Morgan fingerprint density at radius 2 is 1.83 bits per heavy atom. The van der Waals surface area contributed by atoms with Gasteiger partial charge in [-0.25, -0.2) is 0 Å². The first-order valence-electron chi connectivity index (χ1n) is 10.6. The summed E-state index contributed by atoms with van der Waals surface area (Å²) in [5.41, 5.74) is 1.71. The molecule has 0 atom stereocenters. The van der Waals surface area contributed by atoms with Gasteiger partial charge in [0, 0.05) is 35.5 Å². The molecule has 3 rings (SSSR count). The molecular weight excluding hydrogens is 444 g/mol. The zero-order valence-corrected chi connectivity index (χ0v) is 19.0. The maximum atomic E-state index is 13.3. The Hall–Kier alpha value is -2.18. The third-order valence-electron chi connectivity index (χ3n) is 5.63. The van der Waals surface area contributed by atoms with Gasteiger partial charge in [-0.05, 0) is 62.1 Å². The van der Waals surface area contributed by atoms with Crippen LogP contribution in [0.3, 0.4) is 0 Å². The van der Waals surface area contributed by atoms with Crippen LogP contribution >= 0.6 is 15.9 Å². The van der Waals surface area contributed by atoms with Crippen molar-refractivity contribution < 1.29 is 14.3 Å². The van der Waals surface area contributed by atoms with Crippen LogP contribution in [-0.4, -0.2) is 31.6 Å². The summed E-state index contributed by atoms with van der Waals surface area (Å²) in [5, 5.41) is 5.96. The van der Waals surface area contributed by atoms with E-state index in [2.05, 4.69) is 26.6 Å². The van der Waals surface area contributed by atoms with Gasteiger partial charge in [0.1, 0.15) is 0 Å². The Labute approximate surface area is 186 Å². The molecule has 2 amide bonds. The summed E-state index contributed by atoms with van der Waals surface area (Å²) in [4.78, 5) is 25.8. The van der Waals surface area contributed by atoms with Gasteiger partial charge < -0.3 is 15.4 Å². The van der Waals surface area contributed by atoms with Crippen molar-refractivity contribution in [2.24, 2.45) is 0 Å². The largest absolute Gasteiger partial charge is 0.382 e. The van der Waals surface area contributed by atoms with Crippen LogP contribution in [0.5, 0.6) is 0 Å². The molecule has 0 saturated heterocycles. The second kappa shape index (κ2) is 10.7. The summed E-state index contributed by atoms with van der Waals surface area (Å²) in [6.07, 6.45) is 4.51. The number of ether oxygens (including phenoxy) is 1. The lowest BCUT2D eigenvalue weighted by Crippen LogP contribution is -2.38. The van der Waals surface area contributed by atoms with Crippen molar-refractivity contribution in [3.63, 3.8) is 0 Å². The first-order chi connectivity index (χ1) is 14.5. The van der Waals surface area contributed by atoms with E-state index >= 15 is 0 Å². The van der Waals surface area contributed by atoms with E-state index in [1.807, 2.05) is 37.3 Å². The van der Waals surface area contributed by atoms with Gasteiger partial charge in [0.2, 0.25) is 5.91 Å². The van der Waals surface area contributed by atoms with Gasteiger partial charge in [-0.3, -0.25) is 9.59 Å². The number of benzene rings is 2. The van der Waals surface area contributed by atoms with Crippen molar-refractivity contribution in [1.29, 1.82) is 0 Å². The van der Waals surface area contributed by atoms with E-state index in [-0.39, 0.29) is 11.8 Å². The molecule has 1 aliphatic carbocycles. The highest BCUT2D eigenvalue weighted by molar-refractivity contribution is 9.10. The number of carbonyl (C=O) groups is 2. The number of halogens is 1. The summed E-state index contributed by atoms with van der Waals surface area (Å²) in [7, 11) is 0. The summed E-state index contributed by atoms with van der Waals surface area (Å²) in [6, 6.07) is 15.1. The Morgan fingerprint density at radius 1 is 1.10 bits per heavy atom. The van der Waals surface area contributed by atoms with Crippen molar-refractivity contribution >= 4 is 33.4 Å². The molecule has 1 saturated carbocycles. The van der Waals surface area contributed by atoms with Gasteiger partial charge in [0.05, 0.1) is 5.41 Å². The van der Waals surface area contributed by atoms with E-state index in [0.29, 0.717) is 31.0 Å². The van der Waals surface area contributed by atoms with E-state index in [1.165, 1.54) is 0 Å². The van der Waals surface area contributed by atoms with Crippen molar-refractivity contribution in [3.05, 3.63) is 64.1 Å². The predicted octanol–water partition coefficient (Wildman–Crippen LogP) is 5.06. The fraction of sp³-hybridized carbons (Fsp3) is 0.417. The SMILES string of the molecule is CCOCCCNC(=O)c1cccc(NC(=O)C2(c3ccc(Br)cc3)CCCC2)c1. The Balaban J connectivity index is 1.68. The minimum Gasteiger partial charge on any atom is -0.382 e. The molecule has 0 aliphatic heterocycles. The molecule has 6 heteroatoms. The minimum absolute atomic E-state index is 0.00315. The highest BCUT2D eigenvalue weighted by atomic mass is 79.9. The molecule has 160 valence electrons. The molecule has 2 aromatic carbocycles. The van der Waals surface area contributed by atoms with Crippen LogP contribution in [0.4, 0.5) is 5.69 Å². The average Bonchev–Trinajstić information content (AvgIpc) is 3.25. The lowest BCUT2D eigenvalue weighted by molar-refractivity contribution is -0.121. The van der Waals surface area contributed by atoms with Crippen LogP contribution < -0.4 is 10.6 Å². The molecule has 0 unspecified atom stereocenters. The number of nitrogens with one attached hydrogen (secondary N) is 2. The summed E-state index contributed by atoms with van der Waals surface area (Å²) >= 11 is 3.47. The van der Waals surface area contributed by atoms with Gasteiger partial charge in [-0.1, -0.05) is 47.0 Å². The van der Waals surface area contributed by atoms with Gasteiger partial charge in [-0.2, -0.15) is 0 Å². The number of amides is 2. The molecule has 0 spiro atoms. The second-order valence-corrected chi connectivity index (χ2v) is 8.55. The van der Waals surface area contributed by atoms with Crippen LogP contribution in [0.1, 0.15) is 54.9 Å². The number of rotatable bonds is 9. The van der Waals surface area contributed by atoms with Crippen LogP contribution in [-0.2, 0) is 14.9 Å². The lowest BCUT2D eigenvalue weighted by atomic mass is 9.78. The molecular formula is C24H29BrN2O3. The molecule has 0 heterocycles. The molecule has 0 radical (unpaired) electrons. The van der Waals surface area contributed by atoms with Gasteiger partial charge in [0.25, 0.3) is 5.91 Å². The minimum atomic E-state index is -0.516. The zero-order valence-electron chi connectivity index (χ0n) is 17.4. The Bertz CT molecular complexity index is 861. The Morgan fingerprint density at radius 3 is 2.53 bits per heavy atom. The predicted molar refractivity (Wildman–Crippen MR) is 123 cm³/mol. The third-order valence-corrected chi connectivity index (χ3v) is 6.15. The van der Waals surface area contributed by atoms with E-state index in [4.69, 9.17) is 4.74 Å². The van der Waals surface area contributed by atoms with Crippen molar-refractivity contribution in [1.82, 2.24) is 5.32 Å². The van der Waals surface area contributed by atoms with Crippen LogP contribution in [0.25, 0.3) is 0 Å². The summed E-state index contributed by atoms with van der Waals surface area (Å²) < 4.78 is 6.28. The first kappa shape index (κ1) is 22.5. The van der Waals surface area contributed by atoms with Gasteiger partial charge >= 0.3 is 0 Å². The van der Waals surface area contributed by atoms with Gasteiger partial charge in [-0.15, -0.1) is 0 Å². The van der Waals surface area contributed by atoms with Crippen LogP contribution in [0.15, 0.2) is 53.0 Å². The number of carbonyl (C=O) groups excluding carboxylic acids is 2. The monoisotopic (exact) mass is 472 g/mol. The second-order valence-electron chi connectivity index (χ2n) is 7.64. The van der Waals surface area contributed by atoms with Crippen LogP contribution in [0.2, 0.25) is 0 Å². The molecule has 0 bridgehead atoms. The highest BCUT2D eigenvalue weighted by Crippen LogP contribution is 2.42. The van der Waals surface area contributed by atoms with Crippen LogP contribution in [0, 0.1) is 0 Å². The smallest absolute Gasteiger partial charge is 0.251 e. The normalized spacial score (nSPS) is 15.0. The zero-order chi connectivity index (χ0) is 21.4. The fourth-order valence-corrected chi connectivity index (χ4v) is 4.27. The molecule has 2 N–H and O–H groups in total. The molecule has 2 aromatic rings. The van der Waals surface area contributed by atoms with Crippen molar-refractivity contribution in [3.8, 4) is 0 Å². The topological polar surface area (TPSA) is 67.4 Å². The number of anilines is 1. The average molecular weight is 473 g/mol. The fourth-order valence-electron chi connectivity index (χ4n) is 4.01. The first-order valence-corrected chi connectivity index (χ1v) is 11.4. The molecule has 1 fully saturated rings. The molecule has 0 aromatic heterocycles. The highest BCUT2D eigenvalue weighted by Gasteiger charge is 2.42. The van der Waals surface area contributed by atoms with E-state index in [1.54, 1.807) is 18.2 Å². The molecule has 5 nitrogen and oxygen atoms in total. The summed E-state index contributed by atoms with van der Waals surface area (Å²) in [5.74, 6) is -0.150. The number of hydrogen-bond donors (Lipinski definition) is 2. The summed E-state index contributed by atoms with van der Waals surface area (Å²) in [6.45, 7) is 3.81. The van der Waals surface area contributed by atoms with E-state index in [9.17, 15) is 9.59 Å². The lowest BCUT2D eigenvalue weighted by Gasteiger charge is -2.28. The van der Waals surface area contributed by atoms with E-state index in [0.717, 1.165) is 42.1 Å². The maximum Gasteiger partial charge on any atom is 0.251 e. The van der Waals surface area contributed by atoms with Crippen molar-refractivity contribution in [2.45, 2.75) is 44.4 Å². The third kappa shape index (κ3) is 5.49. The standard InChI is InChI=1S/C24H29BrN2O3/c1-2-30-16-6-15-26-22(28)18-7-5-8-21(17-18)27-23(29)24(13-3-4-14-24)19-9-11-20(25)12-10-19/h5,7-12,17H,2-4,6,13-16H2,1H3,(H,26,28)(H,27,29).